The Kier molecular flexibility index (Phi) is 9.98. The maximum atomic E-state index is 15.1. The zero-order chi connectivity index (χ0) is 31.4. The molecule has 3 aromatic rings. The van der Waals surface area contributed by atoms with Gasteiger partial charge in [-0.2, -0.15) is 4.31 Å². The minimum Gasteiger partial charge on any atom is -0.323 e. The van der Waals surface area contributed by atoms with Crippen LogP contribution in [0.1, 0.15) is 54.7 Å². The van der Waals surface area contributed by atoms with Crippen LogP contribution in [0.4, 0.5) is 23.2 Å². The minimum atomic E-state index is -3.51. The third kappa shape index (κ3) is 7.12. The molecule has 0 radical (unpaired) electrons. The number of anilines is 1. The molecule has 0 bridgehead atoms. The Labute approximate surface area is 254 Å². The van der Waals surface area contributed by atoms with E-state index in [1.807, 2.05) is 0 Å². The van der Waals surface area contributed by atoms with Crippen molar-refractivity contribution in [3.8, 4) is 0 Å². The van der Waals surface area contributed by atoms with Crippen LogP contribution in [0, 0.1) is 23.3 Å². The Bertz CT molecular complexity index is 1570. The number of rotatable bonds is 10. The monoisotopic (exact) mass is 633 g/mol. The molecule has 2 aliphatic rings. The second-order valence-corrected chi connectivity index (χ2v) is 13.5. The first-order valence-electron chi connectivity index (χ1n) is 14.7. The van der Waals surface area contributed by atoms with Gasteiger partial charge >= 0.3 is 0 Å². The molecule has 1 aliphatic carbocycles. The van der Waals surface area contributed by atoms with Gasteiger partial charge in [0.2, 0.25) is 15.9 Å². The van der Waals surface area contributed by atoms with Gasteiger partial charge in [-0.15, -0.1) is 0 Å². The molecule has 44 heavy (non-hydrogen) atoms. The van der Waals surface area contributed by atoms with Crippen molar-refractivity contribution in [1.29, 1.82) is 0 Å². The van der Waals surface area contributed by atoms with Gasteiger partial charge in [0.1, 0.15) is 23.3 Å². The van der Waals surface area contributed by atoms with Crippen LogP contribution >= 0.6 is 0 Å². The number of benzene rings is 2. The second-order valence-electron chi connectivity index (χ2n) is 11.4. The normalized spacial score (nSPS) is 19.5. The number of nitrogens with one attached hydrogen (secondary N) is 2. The Hall–Kier alpha value is -3.39. The zero-order valence-corrected chi connectivity index (χ0v) is 24.8. The predicted octanol–water partition coefficient (Wildman–Crippen LogP) is 4.21. The molecule has 1 saturated carbocycles. The Morgan fingerprint density at radius 1 is 1.00 bits per heavy atom. The summed E-state index contributed by atoms with van der Waals surface area (Å²) < 4.78 is 85.5. The molecule has 2 heterocycles. The fraction of sp³-hybridized carbons (Fsp3) is 0.419. The number of hydrogen-bond donors (Lipinski definition) is 3. The van der Waals surface area contributed by atoms with Crippen LogP contribution in [0.15, 0.2) is 54.9 Å². The van der Waals surface area contributed by atoms with Gasteiger partial charge in [0.05, 0.1) is 29.4 Å². The third-order valence-corrected chi connectivity index (χ3v) is 10.9. The molecule has 2 aromatic carbocycles. The lowest BCUT2D eigenvalue weighted by Crippen LogP contribution is -2.55. The number of carbonyl (C=O) groups excluding carboxylic acids is 1. The first-order valence-corrected chi connectivity index (χ1v) is 16.2. The molecular weight excluding hydrogens is 598 g/mol. The van der Waals surface area contributed by atoms with Crippen molar-refractivity contribution >= 4 is 21.6 Å². The quantitative estimate of drug-likeness (QED) is 0.288. The smallest absolute Gasteiger partial charge is 0.242 e. The predicted molar refractivity (Wildman–Crippen MR) is 158 cm³/mol. The highest BCUT2D eigenvalue weighted by molar-refractivity contribution is 7.89. The van der Waals surface area contributed by atoms with Crippen LogP contribution in [0.25, 0.3) is 0 Å². The molecule has 5 rings (SSSR count). The summed E-state index contributed by atoms with van der Waals surface area (Å²) >= 11 is 0. The summed E-state index contributed by atoms with van der Waals surface area (Å²) in [6.45, 7) is 1.26. The second kappa shape index (κ2) is 13.7. The SMILES string of the molecule is N[C@H](C(=O)Nc1cncc(F)c1CC[C@H]1CNCCN1S(=O)(=O)C1CCCC1)[C@@H](c1ccc(F)cc1)c1cc(F)cc(F)c1. The van der Waals surface area contributed by atoms with Gasteiger partial charge in [-0.1, -0.05) is 25.0 Å². The molecule has 1 aliphatic heterocycles. The molecule has 3 atom stereocenters. The number of amides is 1. The number of aromatic nitrogens is 1. The van der Waals surface area contributed by atoms with Gasteiger partial charge in [-0.05, 0) is 61.1 Å². The minimum absolute atomic E-state index is 0.0442. The van der Waals surface area contributed by atoms with Crippen LogP contribution in [0.3, 0.4) is 0 Å². The van der Waals surface area contributed by atoms with E-state index in [4.69, 9.17) is 5.73 Å². The van der Waals surface area contributed by atoms with Crippen LogP contribution in [0.2, 0.25) is 0 Å². The lowest BCUT2D eigenvalue weighted by atomic mass is 9.84. The number of nitrogens with two attached hydrogens (primary N) is 1. The lowest BCUT2D eigenvalue weighted by molar-refractivity contribution is -0.117. The Morgan fingerprint density at radius 2 is 1.68 bits per heavy atom. The molecule has 1 amide bonds. The molecule has 1 saturated heterocycles. The highest BCUT2D eigenvalue weighted by Gasteiger charge is 2.39. The van der Waals surface area contributed by atoms with Gasteiger partial charge in [-0.25, -0.2) is 26.0 Å². The molecule has 8 nitrogen and oxygen atoms in total. The summed E-state index contributed by atoms with van der Waals surface area (Å²) in [5.74, 6) is -4.85. The van der Waals surface area contributed by atoms with Crippen LogP contribution in [-0.2, 0) is 21.2 Å². The van der Waals surface area contributed by atoms with E-state index < -0.39 is 62.5 Å². The molecule has 0 unspecified atom stereocenters. The van der Waals surface area contributed by atoms with E-state index in [1.165, 1.54) is 22.6 Å². The standard InChI is InChI=1S/C31H35F4N5O3S/c32-21-7-5-19(6-8-21)29(20-13-22(33)15-23(34)14-20)30(36)31(41)39-28-18-38-17-27(35)26(28)10-9-24-16-37-11-12-40(24)44(42,43)25-3-1-2-4-25/h5-8,13-15,17-18,24-25,29-30,37H,1-4,9-12,16,36H2,(H,39,41)/t24-,29-,30-/m0/s1. The van der Waals surface area contributed by atoms with E-state index in [9.17, 15) is 26.4 Å². The fourth-order valence-corrected chi connectivity index (χ4v) is 8.49. The van der Waals surface area contributed by atoms with Gasteiger partial charge in [0.15, 0.2) is 0 Å². The van der Waals surface area contributed by atoms with Gasteiger partial charge in [0.25, 0.3) is 0 Å². The van der Waals surface area contributed by atoms with Gasteiger partial charge in [-0.3, -0.25) is 9.78 Å². The molecule has 1 aromatic heterocycles. The summed E-state index contributed by atoms with van der Waals surface area (Å²) in [5, 5.41) is 5.43. The summed E-state index contributed by atoms with van der Waals surface area (Å²) in [6.07, 6.45) is 5.69. The van der Waals surface area contributed by atoms with E-state index in [1.54, 1.807) is 0 Å². The van der Waals surface area contributed by atoms with Gasteiger partial charge in [0, 0.05) is 43.2 Å². The number of carbonyl (C=O) groups is 1. The summed E-state index contributed by atoms with van der Waals surface area (Å²) in [4.78, 5) is 17.4. The van der Waals surface area contributed by atoms with E-state index in [2.05, 4.69) is 15.6 Å². The summed E-state index contributed by atoms with van der Waals surface area (Å²) in [7, 11) is -3.51. The summed E-state index contributed by atoms with van der Waals surface area (Å²) in [5.41, 5.74) is 6.93. The highest BCUT2D eigenvalue weighted by Crippen LogP contribution is 2.32. The molecule has 4 N–H and O–H groups in total. The summed E-state index contributed by atoms with van der Waals surface area (Å²) in [6, 6.07) is 5.98. The molecular formula is C31H35F4N5O3S. The van der Waals surface area contributed by atoms with Crippen molar-refractivity contribution in [2.45, 2.75) is 61.8 Å². The van der Waals surface area contributed by atoms with E-state index in [-0.39, 0.29) is 29.7 Å². The van der Waals surface area contributed by atoms with Crippen LogP contribution in [-0.4, -0.2) is 60.6 Å². The van der Waals surface area contributed by atoms with Crippen molar-refractivity contribution in [1.82, 2.24) is 14.6 Å². The van der Waals surface area contributed by atoms with E-state index in [0.717, 1.165) is 43.3 Å². The van der Waals surface area contributed by atoms with Crippen molar-refractivity contribution in [3.05, 3.63) is 94.8 Å². The highest BCUT2D eigenvalue weighted by atomic mass is 32.2. The lowest BCUT2D eigenvalue weighted by Gasteiger charge is -2.37. The number of pyridine rings is 1. The first kappa shape index (κ1) is 32.0. The van der Waals surface area contributed by atoms with E-state index in [0.29, 0.717) is 44.1 Å². The van der Waals surface area contributed by atoms with Crippen molar-refractivity contribution in [3.63, 3.8) is 0 Å². The van der Waals surface area contributed by atoms with Gasteiger partial charge < -0.3 is 16.4 Å². The van der Waals surface area contributed by atoms with Crippen LogP contribution in [0.5, 0.6) is 0 Å². The topological polar surface area (TPSA) is 117 Å². The molecule has 2 fully saturated rings. The third-order valence-electron chi connectivity index (χ3n) is 8.47. The fourth-order valence-electron chi connectivity index (χ4n) is 6.23. The number of piperazine rings is 1. The average molecular weight is 634 g/mol. The van der Waals surface area contributed by atoms with Crippen LogP contribution < -0.4 is 16.4 Å². The van der Waals surface area contributed by atoms with Crippen molar-refractivity contribution in [2.24, 2.45) is 5.73 Å². The number of halogens is 4. The Morgan fingerprint density at radius 3 is 2.36 bits per heavy atom. The number of hydrogen-bond acceptors (Lipinski definition) is 6. The molecule has 236 valence electrons. The Balaban J connectivity index is 1.37. The number of nitrogens with zero attached hydrogens (tertiary/aromatic N) is 2. The van der Waals surface area contributed by atoms with E-state index >= 15 is 4.39 Å². The number of sulfonamides is 1. The molecule has 0 spiro atoms. The zero-order valence-electron chi connectivity index (χ0n) is 24.0. The average Bonchev–Trinajstić information content (AvgIpc) is 3.54. The van der Waals surface area contributed by atoms with Crippen molar-refractivity contribution in [2.75, 3.05) is 25.0 Å². The maximum absolute atomic E-state index is 15.1. The molecule has 13 heteroatoms. The largest absolute Gasteiger partial charge is 0.323 e. The maximum Gasteiger partial charge on any atom is 0.242 e. The first-order chi connectivity index (χ1) is 21.0. The van der Waals surface area contributed by atoms with Crippen molar-refractivity contribution < 1.29 is 30.8 Å².